The lowest BCUT2D eigenvalue weighted by molar-refractivity contribution is 0.474. The molecule has 3 aromatic rings. The van der Waals surface area contributed by atoms with Gasteiger partial charge in [0.25, 0.3) is 5.96 Å². The first kappa shape index (κ1) is 23.9. The highest BCUT2D eigenvalue weighted by molar-refractivity contribution is 5.88. The maximum absolute atomic E-state index is 9.80. The summed E-state index contributed by atoms with van der Waals surface area (Å²) >= 11 is 0. The Morgan fingerprint density at radius 3 is 1.38 bits per heavy atom. The number of para-hydroxylation sites is 3. The van der Waals surface area contributed by atoms with Crippen molar-refractivity contribution in [3.63, 3.8) is 0 Å². The molecule has 0 aliphatic carbocycles. The predicted octanol–water partition coefficient (Wildman–Crippen LogP) is 3.16. The average molecular weight is 453 g/mol. The van der Waals surface area contributed by atoms with E-state index < -0.39 is 0 Å². The molecule has 0 bridgehead atoms. The second-order valence-electron chi connectivity index (χ2n) is 6.11. The van der Waals surface area contributed by atoms with Gasteiger partial charge >= 0.3 is 0 Å². The lowest BCUT2D eigenvalue weighted by Gasteiger charge is -2.03. The monoisotopic (exact) mass is 452 g/mol. The van der Waals surface area contributed by atoms with Crippen LogP contribution < -0.4 is 10.9 Å². The van der Waals surface area contributed by atoms with Crippen molar-refractivity contribution >= 4 is 37.0 Å². The summed E-state index contributed by atoms with van der Waals surface area (Å²) < 4.78 is 0. The van der Waals surface area contributed by atoms with Gasteiger partial charge in [-0.05, 0) is 36.4 Å². The number of halogens is 1. The smallest absolute Gasteiger partial charge is 0.257 e. The van der Waals surface area contributed by atoms with E-state index in [9.17, 15) is 15.3 Å². The van der Waals surface area contributed by atoms with Gasteiger partial charge in [0.15, 0.2) is 0 Å². The molecule has 0 saturated heterocycles. The molecule has 3 rings (SSSR count). The minimum Gasteiger partial charge on any atom is -0.507 e. The van der Waals surface area contributed by atoms with Gasteiger partial charge < -0.3 is 15.3 Å². The van der Waals surface area contributed by atoms with E-state index in [-0.39, 0.29) is 35.6 Å². The number of aromatic hydroxyl groups is 3. The third kappa shape index (κ3) is 7.15. The van der Waals surface area contributed by atoms with E-state index in [4.69, 9.17) is 0 Å². The first-order valence-electron chi connectivity index (χ1n) is 9.16. The Bertz CT molecular complexity index is 1090. The summed E-state index contributed by atoms with van der Waals surface area (Å²) in [5.74, 6) is 0.286. The Labute approximate surface area is 190 Å². The highest BCUT2D eigenvalue weighted by Crippen LogP contribution is 2.14. The molecule has 0 heterocycles. The molecule has 0 spiro atoms. The number of hydrazone groups is 2. The lowest BCUT2D eigenvalue weighted by Crippen LogP contribution is -2.30. The van der Waals surface area contributed by atoms with Gasteiger partial charge in [0.2, 0.25) is 0 Å². The van der Waals surface area contributed by atoms with Crippen LogP contribution in [0.25, 0.3) is 0 Å². The molecule has 5 N–H and O–H groups in total. The topological polar surface area (TPSA) is 134 Å². The van der Waals surface area contributed by atoms with Gasteiger partial charge in [-0.25, -0.2) is 10.9 Å². The molecule has 10 heteroatoms. The summed E-state index contributed by atoms with van der Waals surface area (Å²) in [6.07, 6.45) is 4.19. The predicted molar refractivity (Wildman–Crippen MR) is 128 cm³/mol. The van der Waals surface area contributed by atoms with Crippen LogP contribution in [-0.2, 0) is 0 Å². The first-order valence-corrected chi connectivity index (χ1v) is 9.16. The quantitative estimate of drug-likeness (QED) is 0.222. The molecule has 9 nitrogen and oxygen atoms in total. The SMILES string of the molecule is Cl.Oc1ccccc1C=NN=C(NN=Cc1ccccc1O)NN=Cc1ccccc1O. The summed E-state index contributed by atoms with van der Waals surface area (Å²) in [5.41, 5.74) is 6.78. The Balaban J connectivity index is 0.00000363. The van der Waals surface area contributed by atoms with Crippen LogP contribution in [0.1, 0.15) is 16.7 Å². The highest BCUT2D eigenvalue weighted by atomic mass is 35.5. The molecule has 3 aromatic carbocycles. The van der Waals surface area contributed by atoms with Crippen LogP contribution in [-0.4, -0.2) is 39.9 Å². The van der Waals surface area contributed by atoms with Gasteiger partial charge in [0.05, 0.1) is 18.6 Å². The largest absolute Gasteiger partial charge is 0.507 e. The third-order valence-electron chi connectivity index (χ3n) is 3.91. The zero-order chi connectivity index (χ0) is 21.9. The number of rotatable bonds is 6. The van der Waals surface area contributed by atoms with E-state index in [1.54, 1.807) is 66.7 Å². The molecule has 0 unspecified atom stereocenters. The fourth-order valence-corrected chi connectivity index (χ4v) is 2.33. The van der Waals surface area contributed by atoms with E-state index in [1.165, 1.54) is 24.7 Å². The van der Waals surface area contributed by atoms with Crippen LogP contribution in [0.15, 0.2) is 93.2 Å². The highest BCUT2D eigenvalue weighted by Gasteiger charge is 1.99. The molecular formula is C22H21ClN6O3. The second kappa shape index (κ2) is 12.4. The molecule has 0 fully saturated rings. The van der Waals surface area contributed by atoms with Gasteiger partial charge in [-0.15, -0.1) is 17.5 Å². The Morgan fingerprint density at radius 2 is 0.969 bits per heavy atom. The first-order chi connectivity index (χ1) is 15.1. The van der Waals surface area contributed by atoms with Crippen LogP contribution >= 0.6 is 12.4 Å². The van der Waals surface area contributed by atoms with Crippen molar-refractivity contribution in [2.75, 3.05) is 0 Å². The van der Waals surface area contributed by atoms with Crippen molar-refractivity contribution in [3.05, 3.63) is 89.5 Å². The van der Waals surface area contributed by atoms with Gasteiger partial charge in [-0.1, -0.05) is 36.4 Å². The third-order valence-corrected chi connectivity index (χ3v) is 3.91. The Morgan fingerprint density at radius 1 is 0.594 bits per heavy atom. The van der Waals surface area contributed by atoms with Crippen molar-refractivity contribution in [2.45, 2.75) is 0 Å². The number of benzene rings is 3. The van der Waals surface area contributed by atoms with E-state index in [2.05, 4.69) is 31.3 Å². The molecule has 0 aromatic heterocycles. The van der Waals surface area contributed by atoms with Crippen molar-refractivity contribution in [3.8, 4) is 17.2 Å². The fraction of sp³-hybridized carbons (Fsp3) is 0. The fourth-order valence-electron chi connectivity index (χ4n) is 2.33. The van der Waals surface area contributed by atoms with E-state index in [1.807, 2.05) is 0 Å². The number of guanidine groups is 1. The molecule has 0 aliphatic rings. The second-order valence-corrected chi connectivity index (χ2v) is 6.11. The normalized spacial score (nSPS) is 10.9. The number of hydrogen-bond acceptors (Lipinski definition) is 7. The molecule has 32 heavy (non-hydrogen) atoms. The summed E-state index contributed by atoms with van der Waals surface area (Å²) in [5, 5.41) is 45.3. The number of nitrogens with zero attached hydrogens (tertiary/aromatic N) is 4. The van der Waals surface area contributed by atoms with E-state index >= 15 is 0 Å². The Hall–Kier alpha value is -4.37. The van der Waals surface area contributed by atoms with Gasteiger partial charge in [-0.2, -0.15) is 15.3 Å². The number of phenols is 3. The van der Waals surface area contributed by atoms with E-state index in [0.717, 1.165) is 0 Å². The molecule has 0 aliphatic heterocycles. The molecule has 164 valence electrons. The van der Waals surface area contributed by atoms with Crippen LogP contribution in [0.5, 0.6) is 17.2 Å². The van der Waals surface area contributed by atoms with Gasteiger partial charge in [-0.3, -0.25) is 0 Å². The summed E-state index contributed by atoms with van der Waals surface area (Å²) in [6.45, 7) is 0. The van der Waals surface area contributed by atoms with Crippen molar-refractivity contribution < 1.29 is 15.3 Å². The number of nitrogens with one attached hydrogen (secondary N) is 2. The molecular weight excluding hydrogens is 432 g/mol. The van der Waals surface area contributed by atoms with Gasteiger partial charge in [0.1, 0.15) is 17.2 Å². The molecule has 0 atom stereocenters. The van der Waals surface area contributed by atoms with Gasteiger partial charge in [0, 0.05) is 16.7 Å². The maximum Gasteiger partial charge on any atom is 0.257 e. The van der Waals surface area contributed by atoms with E-state index in [0.29, 0.717) is 16.7 Å². The van der Waals surface area contributed by atoms with Crippen LogP contribution in [0, 0.1) is 0 Å². The Kier molecular flexibility index (Phi) is 9.23. The maximum atomic E-state index is 9.80. The molecule has 0 saturated carbocycles. The van der Waals surface area contributed by atoms with Crippen LogP contribution in [0.3, 0.4) is 0 Å². The average Bonchev–Trinajstić information content (AvgIpc) is 2.77. The lowest BCUT2D eigenvalue weighted by atomic mass is 10.2. The standard InChI is InChI=1S/C22H20N6O3.ClH/c29-19-10-4-1-7-16(19)13-23-26-22(27-24-14-17-8-2-5-11-20(17)30)28-25-15-18-9-3-6-12-21(18)31;/h1-15,29-31H,(H2,26,27,28);1H. The van der Waals surface area contributed by atoms with Crippen LogP contribution in [0.4, 0.5) is 0 Å². The number of phenolic OH excluding ortho intramolecular Hbond substituents is 3. The van der Waals surface area contributed by atoms with Crippen molar-refractivity contribution in [2.24, 2.45) is 20.4 Å². The van der Waals surface area contributed by atoms with Crippen molar-refractivity contribution in [1.82, 2.24) is 10.9 Å². The summed E-state index contributed by atoms with van der Waals surface area (Å²) in [4.78, 5) is 0. The molecule has 0 amide bonds. The summed E-state index contributed by atoms with van der Waals surface area (Å²) in [6, 6.07) is 20.1. The zero-order valence-electron chi connectivity index (χ0n) is 16.7. The number of hydrogen-bond donors (Lipinski definition) is 5. The minimum atomic E-state index is 0. The van der Waals surface area contributed by atoms with Crippen molar-refractivity contribution in [1.29, 1.82) is 0 Å². The zero-order valence-corrected chi connectivity index (χ0v) is 17.5. The summed E-state index contributed by atoms with van der Waals surface area (Å²) in [7, 11) is 0. The van der Waals surface area contributed by atoms with Crippen LogP contribution in [0.2, 0.25) is 0 Å². The molecule has 0 radical (unpaired) electrons. The minimum absolute atomic E-state index is 0.